The van der Waals surface area contributed by atoms with Gasteiger partial charge in [-0.1, -0.05) is 23.8 Å². The Kier molecular flexibility index (Phi) is 4.98. The van der Waals surface area contributed by atoms with Gasteiger partial charge in [-0.3, -0.25) is 9.78 Å². The maximum absolute atomic E-state index is 13.3. The highest BCUT2D eigenvalue weighted by atomic mass is 16.3. The van der Waals surface area contributed by atoms with Crippen LogP contribution in [0.4, 0.5) is 0 Å². The van der Waals surface area contributed by atoms with Crippen LogP contribution in [-0.4, -0.2) is 15.8 Å². The first-order valence-corrected chi connectivity index (χ1v) is 8.34. The molecule has 0 saturated carbocycles. The molecule has 0 aliphatic heterocycles. The maximum Gasteiger partial charge on any atom is 0.255 e. The van der Waals surface area contributed by atoms with Crippen LogP contribution in [0.3, 0.4) is 0 Å². The van der Waals surface area contributed by atoms with Crippen LogP contribution in [0.5, 0.6) is 0 Å². The Labute approximate surface area is 148 Å². The van der Waals surface area contributed by atoms with Crippen molar-refractivity contribution in [3.8, 4) is 0 Å². The van der Waals surface area contributed by atoms with Crippen molar-refractivity contribution in [2.75, 3.05) is 0 Å². The summed E-state index contributed by atoms with van der Waals surface area (Å²) >= 11 is 0. The molecule has 0 N–H and O–H groups in total. The zero-order valence-corrected chi connectivity index (χ0v) is 14.8. The Hall–Kier alpha value is -2.88. The SMILES string of the molecule is Cc1cc(C)c(C(=O)N(Cc2ccccn2)Cc2ccco2)c(C)c1. The molecule has 2 heterocycles. The summed E-state index contributed by atoms with van der Waals surface area (Å²) in [4.78, 5) is 19.4. The molecule has 128 valence electrons. The minimum absolute atomic E-state index is 0.00273. The Bertz CT molecular complexity index is 832. The van der Waals surface area contributed by atoms with E-state index >= 15 is 0 Å². The molecule has 0 unspecified atom stereocenters. The summed E-state index contributed by atoms with van der Waals surface area (Å²) in [6, 6.07) is 13.5. The minimum Gasteiger partial charge on any atom is -0.467 e. The van der Waals surface area contributed by atoms with E-state index in [-0.39, 0.29) is 5.91 Å². The number of carbonyl (C=O) groups excluding carboxylic acids is 1. The number of rotatable bonds is 5. The lowest BCUT2D eigenvalue weighted by molar-refractivity contribution is 0.0714. The fraction of sp³-hybridized carbons (Fsp3) is 0.238. The molecule has 0 bridgehead atoms. The van der Waals surface area contributed by atoms with E-state index < -0.39 is 0 Å². The molecule has 0 spiro atoms. The first-order chi connectivity index (χ1) is 12.0. The number of nitrogens with zero attached hydrogens (tertiary/aromatic N) is 2. The van der Waals surface area contributed by atoms with Crippen LogP contribution in [0.1, 0.15) is 38.5 Å². The molecule has 0 atom stereocenters. The van der Waals surface area contributed by atoms with Gasteiger partial charge in [0.15, 0.2) is 0 Å². The van der Waals surface area contributed by atoms with Crippen molar-refractivity contribution in [2.24, 2.45) is 0 Å². The van der Waals surface area contributed by atoms with E-state index in [0.717, 1.165) is 33.7 Å². The van der Waals surface area contributed by atoms with Gasteiger partial charge < -0.3 is 9.32 Å². The second-order valence-corrected chi connectivity index (χ2v) is 6.34. The normalized spacial score (nSPS) is 10.7. The van der Waals surface area contributed by atoms with E-state index in [9.17, 15) is 4.79 Å². The third kappa shape index (κ3) is 3.97. The average Bonchev–Trinajstić information content (AvgIpc) is 3.07. The van der Waals surface area contributed by atoms with Crippen molar-refractivity contribution in [2.45, 2.75) is 33.9 Å². The molecular formula is C21H22N2O2. The zero-order valence-electron chi connectivity index (χ0n) is 14.8. The number of benzene rings is 1. The molecule has 0 saturated heterocycles. The molecule has 0 fully saturated rings. The van der Waals surface area contributed by atoms with Gasteiger partial charge in [0.2, 0.25) is 0 Å². The minimum atomic E-state index is -0.00273. The van der Waals surface area contributed by atoms with E-state index in [0.29, 0.717) is 13.1 Å². The molecule has 0 aliphatic rings. The number of aryl methyl sites for hydroxylation is 3. The zero-order chi connectivity index (χ0) is 17.8. The van der Waals surface area contributed by atoms with Gasteiger partial charge in [-0.2, -0.15) is 0 Å². The third-order valence-electron chi connectivity index (χ3n) is 4.18. The standard InChI is InChI=1S/C21H22N2O2/c1-15-11-16(2)20(17(3)12-15)21(24)23(14-19-8-6-10-25-19)13-18-7-4-5-9-22-18/h4-12H,13-14H2,1-3H3. The quantitative estimate of drug-likeness (QED) is 0.693. The topological polar surface area (TPSA) is 46.3 Å². The van der Waals surface area contributed by atoms with E-state index in [1.54, 1.807) is 17.4 Å². The monoisotopic (exact) mass is 334 g/mol. The van der Waals surface area contributed by atoms with Crippen molar-refractivity contribution in [3.05, 3.63) is 88.6 Å². The number of amides is 1. The predicted molar refractivity (Wildman–Crippen MR) is 97.2 cm³/mol. The Morgan fingerprint density at radius 3 is 2.40 bits per heavy atom. The van der Waals surface area contributed by atoms with Gasteiger partial charge in [0, 0.05) is 11.8 Å². The molecule has 2 aromatic heterocycles. The summed E-state index contributed by atoms with van der Waals surface area (Å²) in [5.74, 6) is 0.753. The van der Waals surface area contributed by atoms with E-state index in [4.69, 9.17) is 4.42 Å². The van der Waals surface area contributed by atoms with Crippen LogP contribution in [-0.2, 0) is 13.1 Å². The number of furan rings is 1. The van der Waals surface area contributed by atoms with Crippen LogP contribution in [0, 0.1) is 20.8 Å². The molecular weight excluding hydrogens is 312 g/mol. The van der Waals surface area contributed by atoms with Gasteiger partial charge in [-0.25, -0.2) is 0 Å². The fourth-order valence-electron chi connectivity index (χ4n) is 3.15. The number of hydrogen-bond acceptors (Lipinski definition) is 3. The molecule has 25 heavy (non-hydrogen) atoms. The van der Waals surface area contributed by atoms with E-state index in [1.165, 1.54) is 0 Å². The van der Waals surface area contributed by atoms with E-state index in [1.807, 2.05) is 63.2 Å². The third-order valence-corrected chi connectivity index (χ3v) is 4.18. The van der Waals surface area contributed by atoms with Gasteiger partial charge in [0.1, 0.15) is 5.76 Å². The van der Waals surface area contributed by atoms with Crippen LogP contribution in [0.15, 0.2) is 59.3 Å². The number of pyridine rings is 1. The van der Waals surface area contributed by atoms with E-state index in [2.05, 4.69) is 4.98 Å². The highest BCUT2D eigenvalue weighted by molar-refractivity contribution is 5.97. The number of hydrogen-bond donors (Lipinski definition) is 0. The molecule has 4 heteroatoms. The number of aromatic nitrogens is 1. The van der Waals surface area contributed by atoms with Gasteiger partial charge in [-0.05, 0) is 56.2 Å². The average molecular weight is 334 g/mol. The predicted octanol–water partition coefficient (Wildman–Crippen LogP) is 4.44. The maximum atomic E-state index is 13.3. The largest absolute Gasteiger partial charge is 0.467 e. The van der Waals surface area contributed by atoms with Crippen molar-refractivity contribution in [1.82, 2.24) is 9.88 Å². The Morgan fingerprint density at radius 2 is 1.80 bits per heavy atom. The van der Waals surface area contributed by atoms with Crippen molar-refractivity contribution >= 4 is 5.91 Å². The molecule has 1 aromatic carbocycles. The Morgan fingerprint density at radius 1 is 1.04 bits per heavy atom. The summed E-state index contributed by atoms with van der Waals surface area (Å²) in [5.41, 5.74) is 4.76. The summed E-state index contributed by atoms with van der Waals surface area (Å²) in [6.07, 6.45) is 3.37. The molecule has 3 aromatic rings. The summed E-state index contributed by atoms with van der Waals surface area (Å²) in [6.45, 7) is 6.86. The van der Waals surface area contributed by atoms with Crippen molar-refractivity contribution in [1.29, 1.82) is 0 Å². The smallest absolute Gasteiger partial charge is 0.255 e. The summed E-state index contributed by atoms with van der Waals surface area (Å²) < 4.78 is 5.45. The fourth-order valence-corrected chi connectivity index (χ4v) is 3.15. The summed E-state index contributed by atoms with van der Waals surface area (Å²) in [5, 5.41) is 0. The summed E-state index contributed by atoms with van der Waals surface area (Å²) in [7, 11) is 0. The van der Waals surface area contributed by atoms with Crippen LogP contribution in [0.2, 0.25) is 0 Å². The van der Waals surface area contributed by atoms with Crippen LogP contribution >= 0.6 is 0 Å². The van der Waals surface area contributed by atoms with Gasteiger partial charge in [0.25, 0.3) is 5.91 Å². The second kappa shape index (κ2) is 7.34. The molecule has 1 amide bonds. The highest BCUT2D eigenvalue weighted by Gasteiger charge is 2.21. The van der Waals surface area contributed by atoms with Crippen LogP contribution in [0.25, 0.3) is 0 Å². The number of carbonyl (C=O) groups is 1. The highest BCUT2D eigenvalue weighted by Crippen LogP contribution is 2.21. The lowest BCUT2D eigenvalue weighted by Gasteiger charge is -2.23. The lowest BCUT2D eigenvalue weighted by atomic mass is 9.98. The Balaban J connectivity index is 1.94. The van der Waals surface area contributed by atoms with Gasteiger partial charge >= 0.3 is 0 Å². The van der Waals surface area contributed by atoms with Crippen molar-refractivity contribution in [3.63, 3.8) is 0 Å². The molecule has 4 nitrogen and oxygen atoms in total. The van der Waals surface area contributed by atoms with Gasteiger partial charge in [-0.15, -0.1) is 0 Å². The van der Waals surface area contributed by atoms with Crippen molar-refractivity contribution < 1.29 is 9.21 Å². The molecule has 3 rings (SSSR count). The van der Waals surface area contributed by atoms with Gasteiger partial charge in [0.05, 0.1) is 25.0 Å². The lowest BCUT2D eigenvalue weighted by Crippen LogP contribution is -2.31. The first-order valence-electron chi connectivity index (χ1n) is 8.34. The molecule has 0 radical (unpaired) electrons. The van der Waals surface area contributed by atoms with Crippen LogP contribution < -0.4 is 0 Å². The second-order valence-electron chi connectivity index (χ2n) is 6.34. The molecule has 0 aliphatic carbocycles. The first kappa shape index (κ1) is 17.0.